The van der Waals surface area contributed by atoms with Gasteiger partial charge in [0.25, 0.3) is 0 Å². The minimum absolute atomic E-state index is 0.365. The van der Waals surface area contributed by atoms with E-state index in [4.69, 9.17) is 11.6 Å². The Morgan fingerprint density at radius 2 is 1.83 bits per heavy atom. The SMILES string of the molecule is Cc1nc(NN)c(C)c(NCC(C)(C)C(N)=O)n1. The van der Waals surface area contributed by atoms with Crippen LogP contribution in [-0.2, 0) is 4.79 Å². The van der Waals surface area contributed by atoms with Crippen molar-refractivity contribution in [1.29, 1.82) is 0 Å². The highest BCUT2D eigenvalue weighted by Crippen LogP contribution is 2.21. The van der Waals surface area contributed by atoms with Crippen LogP contribution in [0.5, 0.6) is 0 Å². The van der Waals surface area contributed by atoms with E-state index in [0.29, 0.717) is 24.0 Å². The van der Waals surface area contributed by atoms with E-state index in [0.717, 1.165) is 5.56 Å². The summed E-state index contributed by atoms with van der Waals surface area (Å²) in [4.78, 5) is 19.7. The molecule has 1 rings (SSSR count). The summed E-state index contributed by atoms with van der Waals surface area (Å²) in [7, 11) is 0. The van der Waals surface area contributed by atoms with Crippen molar-refractivity contribution in [3.05, 3.63) is 11.4 Å². The number of hydrazine groups is 1. The van der Waals surface area contributed by atoms with E-state index < -0.39 is 5.41 Å². The highest BCUT2D eigenvalue weighted by Gasteiger charge is 2.25. The van der Waals surface area contributed by atoms with Gasteiger partial charge >= 0.3 is 0 Å². The van der Waals surface area contributed by atoms with Crippen molar-refractivity contribution in [1.82, 2.24) is 9.97 Å². The quantitative estimate of drug-likeness (QED) is 0.442. The smallest absolute Gasteiger partial charge is 0.224 e. The molecule has 1 aromatic rings. The van der Waals surface area contributed by atoms with Gasteiger partial charge in [-0.2, -0.15) is 0 Å². The summed E-state index contributed by atoms with van der Waals surface area (Å²) in [6.07, 6.45) is 0. The van der Waals surface area contributed by atoms with Crippen molar-refractivity contribution in [2.75, 3.05) is 17.3 Å². The zero-order valence-electron chi connectivity index (χ0n) is 11.2. The van der Waals surface area contributed by atoms with Crippen LogP contribution in [0.15, 0.2) is 0 Å². The highest BCUT2D eigenvalue weighted by atomic mass is 16.1. The Bertz CT molecular complexity index is 457. The molecule has 0 atom stereocenters. The summed E-state index contributed by atoms with van der Waals surface area (Å²) in [5, 5.41) is 3.10. The van der Waals surface area contributed by atoms with E-state index >= 15 is 0 Å². The summed E-state index contributed by atoms with van der Waals surface area (Å²) in [5.41, 5.74) is 7.97. The number of aryl methyl sites for hydroxylation is 1. The Balaban J connectivity index is 2.92. The van der Waals surface area contributed by atoms with Crippen LogP contribution in [0.4, 0.5) is 11.6 Å². The molecule has 18 heavy (non-hydrogen) atoms. The van der Waals surface area contributed by atoms with Gasteiger partial charge in [0, 0.05) is 12.1 Å². The monoisotopic (exact) mass is 252 g/mol. The van der Waals surface area contributed by atoms with Crippen molar-refractivity contribution >= 4 is 17.5 Å². The maximum absolute atomic E-state index is 11.2. The van der Waals surface area contributed by atoms with Gasteiger partial charge in [0.1, 0.15) is 17.5 Å². The number of carbonyl (C=O) groups is 1. The minimum Gasteiger partial charge on any atom is -0.369 e. The van der Waals surface area contributed by atoms with Crippen molar-refractivity contribution in [2.45, 2.75) is 27.7 Å². The Morgan fingerprint density at radius 1 is 1.28 bits per heavy atom. The molecule has 0 unspecified atom stereocenters. The first-order valence-corrected chi connectivity index (χ1v) is 5.63. The van der Waals surface area contributed by atoms with Gasteiger partial charge in [-0.3, -0.25) is 4.79 Å². The predicted octanol–water partition coefficient (Wildman–Crippen LogP) is 0.302. The molecular formula is C11H20N6O. The van der Waals surface area contributed by atoms with Gasteiger partial charge in [-0.15, -0.1) is 0 Å². The molecule has 0 aromatic carbocycles. The third-order valence-electron chi connectivity index (χ3n) is 2.76. The average Bonchev–Trinajstić information content (AvgIpc) is 2.29. The third kappa shape index (κ3) is 3.07. The maximum atomic E-state index is 11.2. The molecule has 1 aromatic heterocycles. The number of primary amides is 1. The topological polar surface area (TPSA) is 119 Å². The molecule has 0 aliphatic carbocycles. The Kier molecular flexibility index (Phi) is 4.07. The molecule has 0 radical (unpaired) electrons. The number of nitrogens with two attached hydrogens (primary N) is 2. The van der Waals surface area contributed by atoms with E-state index in [1.165, 1.54) is 0 Å². The number of nitrogens with zero attached hydrogens (tertiary/aromatic N) is 2. The molecule has 7 heteroatoms. The van der Waals surface area contributed by atoms with Gasteiger partial charge in [-0.1, -0.05) is 0 Å². The van der Waals surface area contributed by atoms with E-state index in [1.807, 2.05) is 6.92 Å². The molecule has 0 fully saturated rings. The number of hydrogen-bond donors (Lipinski definition) is 4. The lowest BCUT2D eigenvalue weighted by Crippen LogP contribution is -2.37. The zero-order chi connectivity index (χ0) is 13.9. The number of amides is 1. The van der Waals surface area contributed by atoms with Crippen LogP contribution in [0, 0.1) is 19.3 Å². The largest absolute Gasteiger partial charge is 0.369 e. The number of anilines is 2. The first-order valence-electron chi connectivity index (χ1n) is 5.63. The van der Waals surface area contributed by atoms with Gasteiger partial charge in [-0.25, -0.2) is 15.8 Å². The highest BCUT2D eigenvalue weighted by molar-refractivity contribution is 5.80. The molecule has 0 spiro atoms. The second-order valence-corrected chi connectivity index (χ2v) is 4.84. The van der Waals surface area contributed by atoms with Gasteiger partial charge in [-0.05, 0) is 27.7 Å². The molecule has 0 saturated carbocycles. The van der Waals surface area contributed by atoms with Gasteiger partial charge in [0.15, 0.2) is 0 Å². The van der Waals surface area contributed by atoms with Crippen molar-refractivity contribution < 1.29 is 4.79 Å². The van der Waals surface area contributed by atoms with Gasteiger partial charge in [0.05, 0.1) is 5.41 Å². The predicted molar refractivity (Wildman–Crippen MR) is 70.8 cm³/mol. The first kappa shape index (κ1) is 14.2. The Hall–Kier alpha value is -1.89. The summed E-state index contributed by atoms with van der Waals surface area (Å²) in [6, 6.07) is 0. The van der Waals surface area contributed by atoms with Crippen LogP contribution in [0.3, 0.4) is 0 Å². The lowest BCUT2D eigenvalue weighted by molar-refractivity contribution is -0.125. The van der Waals surface area contributed by atoms with E-state index in [-0.39, 0.29) is 5.91 Å². The summed E-state index contributed by atoms with van der Waals surface area (Å²) < 4.78 is 0. The Morgan fingerprint density at radius 3 is 2.33 bits per heavy atom. The van der Waals surface area contributed by atoms with Crippen LogP contribution < -0.4 is 22.3 Å². The number of rotatable bonds is 5. The number of hydrogen-bond acceptors (Lipinski definition) is 6. The fourth-order valence-corrected chi connectivity index (χ4v) is 1.33. The first-order chi connectivity index (χ1) is 8.27. The molecule has 1 heterocycles. The fraction of sp³-hybridized carbons (Fsp3) is 0.545. The lowest BCUT2D eigenvalue weighted by atomic mass is 9.93. The molecular weight excluding hydrogens is 232 g/mol. The summed E-state index contributed by atoms with van der Waals surface area (Å²) in [5.74, 6) is 6.80. The lowest BCUT2D eigenvalue weighted by Gasteiger charge is -2.22. The second kappa shape index (κ2) is 5.18. The molecule has 7 nitrogen and oxygen atoms in total. The van der Waals surface area contributed by atoms with Crippen molar-refractivity contribution in [2.24, 2.45) is 17.0 Å². The van der Waals surface area contributed by atoms with Crippen LogP contribution in [0.25, 0.3) is 0 Å². The second-order valence-electron chi connectivity index (χ2n) is 4.84. The normalized spacial score (nSPS) is 11.2. The van der Waals surface area contributed by atoms with E-state index in [9.17, 15) is 4.79 Å². The van der Waals surface area contributed by atoms with Gasteiger partial charge < -0.3 is 16.5 Å². The maximum Gasteiger partial charge on any atom is 0.224 e. The molecule has 0 saturated heterocycles. The molecule has 0 aliphatic rings. The third-order valence-corrected chi connectivity index (χ3v) is 2.76. The van der Waals surface area contributed by atoms with Crippen LogP contribution in [0.2, 0.25) is 0 Å². The molecule has 1 amide bonds. The molecule has 6 N–H and O–H groups in total. The number of carbonyl (C=O) groups excluding carboxylic acids is 1. The van der Waals surface area contributed by atoms with Crippen LogP contribution in [-0.4, -0.2) is 22.4 Å². The van der Waals surface area contributed by atoms with Crippen LogP contribution in [0.1, 0.15) is 25.2 Å². The number of nitrogen functional groups attached to an aromatic ring is 1. The zero-order valence-corrected chi connectivity index (χ0v) is 11.2. The standard InChI is InChI=1S/C11H20N6O/c1-6-8(14-5-11(3,4)10(12)18)15-7(2)16-9(6)17-13/h5,13H2,1-4H3,(H2,12,18)(H2,14,15,16,17). The average molecular weight is 252 g/mol. The van der Waals surface area contributed by atoms with E-state index in [1.54, 1.807) is 20.8 Å². The van der Waals surface area contributed by atoms with E-state index in [2.05, 4.69) is 20.7 Å². The number of nitrogens with one attached hydrogen (secondary N) is 2. The molecule has 100 valence electrons. The van der Waals surface area contributed by atoms with Crippen molar-refractivity contribution in [3.8, 4) is 0 Å². The van der Waals surface area contributed by atoms with Crippen LogP contribution >= 0.6 is 0 Å². The van der Waals surface area contributed by atoms with Crippen molar-refractivity contribution in [3.63, 3.8) is 0 Å². The fourth-order valence-electron chi connectivity index (χ4n) is 1.33. The summed E-state index contributed by atoms with van der Waals surface area (Å²) in [6.45, 7) is 7.55. The Labute approximate surface area is 106 Å². The minimum atomic E-state index is -0.651. The summed E-state index contributed by atoms with van der Waals surface area (Å²) >= 11 is 0. The number of aromatic nitrogens is 2. The molecule has 0 aliphatic heterocycles. The van der Waals surface area contributed by atoms with Gasteiger partial charge in [0.2, 0.25) is 5.91 Å². The molecule has 0 bridgehead atoms.